The van der Waals surface area contributed by atoms with Gasteiger partial charge >= 0.3 is 0 Å². The van der Waals surface area contributed by atoms with Crippen LogP contribution in [0.5, 0.6) is 0 Å². The van der Waals surface area contributed by atoms with Crippen molar-refractivity contribution in [3.63, 3.8) is 0 Å². The summed E-state index contributed by atoms with van der Waals surface area (Å²) in [6.45, 7) is 10.2. The van der Waals surface area contributed by atoms with Gasteiger partial charge in [-0.1, -0.05) is 43.7 Å². The molecule has 84 valence electrons. The van der Waals surface area contributed by atoms with Gasteiger partial charge in [-0.15, -0.1) is 0 Å². The fourth-order valence-corrected chi connectivity index (χ4v) is 2.19. The maximum atomic E-state index is 9.87. The summed E-state index contributed by atoms with van der Waals surface area (Å²) in [5.74, 6) is 0. The Balaban J connectivity index is 2.90. The van der Waals surface area contributed by atoms with Crippen molar-refractivity contribution in [2.45, 2.75) is 52.1 Å². The van der Waals surface area contributed by atoms with Crippen molar-refractivity contribution in [1.82, 2.24) is 0 Å². The van der Waals surface area contributed by atoms with Crippen LogP contribution in [0, 0.1) is 6.92 Å². The second-order valence-corrected chi connectivity index (χ2v) is 5.74. The lowest BCUT2D eigenvalue weighted by Gasteiger charge is -2.32. The minimum absolute atomic E-state index is 0.0198. The molecule has 1 N–H and O–H groups in total. The van der Waals surface area contributed by atoms with E-state index in [0.717, 1.165) is 6.42 Å². The van der Waals surface area contributed by atoms with E-state index < -0.39 is 5.60 Å². The highest BCUT2D eigenvalue weighted by Gasteiger charge is 2.28. The SMILES string of the molecule is Cc1ccc(C(C)(C)CC(C)(C)O)cc1. The number of hydrogen-bond donors (Lipinski definition) is 1. The van der Waals surface area contributed by atoms with Crippen LogP contribution in [0.25, 0.3) is 0 Å². The molecule has 0 bridgehead atoms. The highest BCUT2D eigenvalue weighted by atomic mass is 16.3. The molecular formula is C14H22O. The first-order valence-electron chi connectivity index (χ1n) is 5.50. The minimum atomic E-state index is -0.617. The Morgan fingerprint density at radius 2 is 1.47 bits per heavy atom. The largest absolute Gasteiger partial charge is 0.390 e. The van der Waals surface area contributed by atoms with Crippen molar-refractivity contribution in [3.8, 4) is 0 Å². The number of benzene rings is 1. The Morgan fingerprint density at radius 3 is 1.87 bits per heavy atom. The molecule has 0 heterocycles. The van der Waals surface area contributed by atoms with Crippen molar-refractivity contribution < 1.29 is 5.11 Å². The molecule has 0 fully saturated rings. The Morgan fingerprint density at radius 1 is 1.00 bits per heavy atom. The van der Waals surface area contributed by atoms with Crippen molar-refractivity contribution in [3.05, 3.63) is 35.4 Å². The summed E-state index contributed by atoms with van der Waals surface area (Å²) < 4.78 is 0. The molecule has 0 aliphatic carbocycles. The van der Waals surface area contributed by atoms with Crippen LogP contribution >= 0.6 is 0 Å². The van der Waals surface area contributed by atoms with Crippen LogP contribution in [-0.4, -0.2) is 10.7 Å². The van der Waals surface area contributed by atoms with Crippen LogP contribution in [0.2, 0.25) is 0 Å². The lowest BCUT2D eigenvalue weighted by molar-refractivity contribution is 0.0501. The van der Waals surface area contributed by atoms with E-state index in [4.69, 9.17) is 0 Å². The first-order chi connectivity index (χ1) is 6.71. The van der Waals surface area contributed by atoms with E-state index in [1.807, 2.05) is 13.8 Å². The van der Waals surface area contributed by atoms with Crippen LogP contribution in [0.15, 0.2) is 24.3 Å². The smallest absolute Gasteiger partial charge is 0.0600 e. The van der Waals surface area contributed by atoms with Gasteiger partial charge in [-0.2, -0.15) is 0 Å². The highest BCUT2D eigenvalue weighted by Crippen LogP contribution is 2.32. The molecule has 0 aromatic heterocycles. The first kappa shape index (κ1) is 12.3. The molecule has 0 amide bonds. The molecule has 0 spiro atoms. The van der Waals surface area contributed by atoms with Gasteiger partial charge in [-0.25, -0.2) is 0 Å². The Hall–Kier alpha value is -0.820. The molecule has 0 aliphatic heterocycles. The molecule has 0 unspecified atom stereocenters. The van der Waals surface area contributed by atoms with E-state index >= 15 is 0 Å². The van der Waals surface area contributed by atoms with Gasteiger partial charge < -0.3 is 5.11 Å². The number of hydrogen-bond acceptors (Lipinski definition) is 1. The molecule has 1 aromatic carbocycles. The summed E-state index contributed by atoms with van der Waals surface area (Å²) in [5, 5.41) is 9.87. The molecule has 15 heavy (non-hydrogen) atoms. The van der Waals surface area contributed by atoms with Gasteiger partial charge in [0.25, 0.3) is 0 Å². The summed E-state index contributed by atoms with van der Waals surface area (Å²) in [6, 6.07) is 8.56. The van der Waals surface area contributed by atoms with E-state index in [1.165, 1.54) is 11.1 Å². The van der Waals surface area contributed by atoms with Gasteiger partial charge in [-0.05, 0) is 38.2 Å². The maximum Gasteiger partial charge on any atom is 0.0600 e. The van der Waals surface area contributed by atoms with E-state index in [0.29, 0.717) is 0 Å². The first-order valence-corrected chi connectivity index (χ1v) is 5.50. The monoisotopic (exact) mass is 206 g/mol. The summed E-state index contributed by atoms with van der Waals surface area (Å²) in [7, 11) is 0. The average Bonchev–Trinajstić information content (AvgIpc) is 2.00. The van der Waals surface area contributed by atoms with Crippen molar-refractivity contribution in [1.29, 1.82) is 0 Å². The molecule has 1 rings (SSSR count). The van der Waals surface area contributed by atoms with E-state index in [9.17, 15) is 5.11 Å². The molecule has 1 heteroatoms. The second-order valence-electron chi connectivity index (χ2n) is 5.74. The summed E-state index contributed by atoms with van der Waals surface area (Å²) >= 11 is 0. The zero-order valence-corrected chi connectivity index (χ0v) is 10.5. The van der Waals surface area contributed by atoms with E-state index in [2.05, 4.69) is 45.0 Å². The van der Waals surface area contributed by atoms with Crippen LogP contribution < -0.4 is 0 Å². The maximum absolute atomic E-state index is 9.87. The summed E-state index contributed by atoms with van der Waals surface area (Å²) in [4.78, 5) is 0. The third-order valence-electron chi connectivity index (χ3n) is 2.71. The third kappa shape index (κ3) is 3.67. The molecule has 0 aliphatic rings. The predicted octanol–water partition coefficient (Wildman–Crippen LogP) is 3.43. The summed E-state index contributed by atoms with van der Waals surface area (Å²) in [6.07, 6.45) is 0.767. The summed E-state index contributed by atoms with van der Waals surface area (Å²) in [5.41, 5.74) is 1.97. The number of aryl methyl sites for hydroxylation is 1. The molecule has 0 saturated carbocycles. The third-order valence-corrected chi connectivity index (χ3v) is 2.71. The molecule has 0 saturated heterocycles. The Labute approximate surface area is 93.1 Å². The van der Waals surface area contributed by atoms with Gasteiger partial charge in [-0.3, -0.25) is 0 Å². The Kier molecular flexibility index (Phi) is 3.25. The quantitative estimate of drug-likeness (QED) is 0.803. The topological polar surface area (TPSA) is 20.2 Å². The number of rotatable bonds is 3. The van der Waals surface area contributed by atoms with Crippen molar-refractivity contribution >= 4 is 0 Å². The minimum Gasteiger partial charge on any atom is -0.390 e. The lowest BCUT2D eigenvalue weighted by atomic mass is 9.76. The normalized spacial score (nSPS) is 12.9. The standard InChI is InChI=1S/C14H22O/c1-11-6-8-12(9-7-11)13(2,3)10-14(4,5)15/h6-9,15H,10H2,1-5H3. The molecule has 1 aromatic rings. The fraction of sp³-hybridized carbons (Fsp3) is 0.571. The van der Waals surface area contributed by atoms with Crippen molar-refractivity contribution in [2.24, 2.45) is 0 Å². The highest BCUT2D eigenvalue weighted by molar-refractivity contribution is 5.27. The zero-order chi connectivity index (χ0) is 11.7. The van der Waals surface area contributed by atoms with Gasteiger partial charge in [0.05, 0.1) is 5.60 Å². The van der Waals surface area contributed by atoms with Gasteiger partial charge in [0.1, 0.15) is 0 Å². The Bertz CT molecular complexity index is 314. The molecule has 0 atom stereocenters. The number of aliphatic hydroxyl groups is 1. The molecule has 1 nitrogen and oxygen atoms in total. The van der Waals surface area contributed by atoms with Crippen LogP contribution in [0.4, 0.5) is 0 Å². The van der Waals surface area contributed by atoms with Gasteiger partial charge in [0.15, 0.2) is 0 Å². The second kappa shape index (κ2) is 3.97. The van der Waals surface area contributed by atoms with Crippen LogP contribution in [-0.2, 0) is 5.41 Å². The van der Waals surface area contributed by atoms with Crippen molar-refractivity contribution in [2.75, 3.05) is 0 Å². The van der Waals surface area contributed by atoms with E-state index in [1.54, 1.807) is 0 Å². The van der Waals surface area contributed by atoms with Gasteiger partial charge in [0, 0.05) is 0 Å². The van der Waals surface area contributed by atoms with Gasteiger partial charge in [0.2, 0.25) is 0 Å². The predicted molar refractivity (Wildman–Crippen MR) is 65.1 cm³/mol. The lowest BCUT2D eigenvalue weighted by Crippen LogP contribution is -2.31. The molecule has 0 radical (unpaired) electrons. The molecular weight excluding hydrogens is 184 g/mol. The fourth-order valence-electron chi connectivity index (χ4n) is 2.19. The van der Waals surface area contributed by atoms with Crippen LogP contribution in [0.3, 0.4) is 0 Å². The van der Waals surface area contributed by atoms with Crippen LogP contribution in [0.1, 0.15) is 45.2 Å². The average molecular weight is 206 g/mol. The zero-order valence-electron chi connectivity index (χ0n) is 10.5. The van der Waals surface area contributed by atoms with E-state index in [-0.39, 0.29) is 5.41 Å².